The molecular weight excluding hydrogens is 194 g/mol. The monoisotopic (exact) mass is 211 g/mol. The van der Waals surface area contributed by atoms with Crippen LogP contribution in [0.25, 0.3) is 0 Å². The molecule has 0 bridgehead atoms. The molecule has 0 aliphatic carbocycles. The second kappa shape index (κ2) is 6.31. The smallest absolute Gasteiger partial charge is 0.216 e. The molecule has 0 spiro atoms. The Labute approximate surface area is 79.4 Å². The normalized spacial score (nSPS) is 12.3. The highest BCUT2D eigenvalue weighted by Gasteiger charge is 2.18. The Morgan fingerprint density at radius 3 is 2.46 bits per heavy atom. The lowest BCUT2D eigenvalue weighted by Gasteiger charge is -2.18. The van der Waals surface area contributed by atoms with Crippen molar-refractivity contribution >= 4 is 10.0 Å². The van der Waals surface area contributed by atoms with Gasteiger partial charge in [-0.25, -0.2) is 8.42 Å². The highest BCUT2D eigenvalue weighted by molar-refractivity contribution is 7.89. The van der Waals surface area contributed by atoms with Gasteiger partial charge >= 0.3 is 0 Å². The molecule has 13 heavy (non-hydrogen) atoms. The van der Waals surface area contributed by atoms with Crippen LogP contribution in [0.15, 0.2) is 0 Å². The third kappa shape index (κ3) is 4.56. The van der Waals surface area contributed by atoms with E-state index in [0.717, 1.165) is 0 Å². The zero-order valence-electron chi connectivity index (χ0n) is 8.06. The third-order valence-corrected chi connectivity index (χ3v) is 3.55. The molecule has 0 saturated carbocycles. The molecule has 6 heteroatoms. The minimum absolute atomic E-state index is 0.0304. The lowest BCUT2D eigenvalue weighted by molar-refractivity contribution is 0.213. The predicted octanol–water partition coefficient (Wildman–Crippen LogP) is -0.723. The van der Waals surface area contributed by atoms with Crippen molar-refractivity contribution in [2.75, 3.05) is 39.2 Å². The summed E-state index contributed by atoms with van der Waals surface area (Å²) in [4.78, 5) is 0. The number of aliphatic hydroxyl groups excluding tert-OH is 1. The standard InChI is InChI=1S/C7H17NO4S/c1-3-8(4-5-9)13(10,11)7-6-12-2/h9H,3-7H2,1-2H3. The molecular formula is C7H17NO4S. The Kier molecular flexibility index (Phi) is 6.23. The summed E-state index contributed by atoms with van der Waals surface area (Å²) in [5.74, 6) is -0.0304. The van der Waals surface area contributed by atoms with Gasteiger partial charge in [-0.3, -0.25) is 0 Å². The zero-order chi connectivity index (χ0) is 10.3. The topological polar surface area (TPSA) is 66.8 Å². The second-order valence-corrected chi connectivity index (χ2v) is 4.61. The number of sulfonamides is 1. The van der Waals surface area contributed by atoms with E-state index in [1.807, 2.05) is 0 Å². The molecule has 0 rings (SSSR count). The molecule has 0 fully saturated rings. The molecule has 0 aromatic carbocycles. The minimum Gasteiger partial charge on any atom is -0.395 e. The van der Waals surface area contributed by atoms with Gasteiger partial charge in [0.2, 0.25) is 10.0 Å². The summed E-state index contributed by atoms with van der Waals surface area (Å²) in [6.45, 7) is 2.31. The van der Waals surface area contributed by atoms with Crippen LogP contribution in [0.4, 0.5) is 0 Å². The van der Waals surface area contributed by atoms with Gasteiger partial charge in [-0.05, 0) is 0 Å². The van der Waals surface area contributed by atoms with Crippen LogP contribution in [0.1, 0.15) is 6.92 Å². The first-order valence-corrected chi connectivity index (χ1v) is 5.77. The van der Waals surface area contributed by atoms with Crippen molar-refractivity contribution in [2.45, 2.75) is 6.92 Å². The van der Waals surface area contributed by atoms with Gasteiger partial charge in [-0.1, -0.05) is 6.92 Å². The van der Waals surface area contributed by atoms with Crippen molar-refractivity contribution < 1.29 is 18.3 Å². The molecule has 80 valence electrons. The van der Waals surface area contributed by atoms with Crippen molar-refractivity contribution in [2.24, 2.45) is 0 Å². The van der Waals surface area contributed by atoms with E-state index in [2.05, 4.69) is 4.74 Å². The van der Waals surface area contributed by atoms with Gasteiger partial charge in [0.15, 0.2) is 0 Å². The van der Waals surface area contributed by atoms with Crippen molar-refractivity contribution in [3.05, 3.63) is 0 Å². The van der Waals surface area contributed by atoms with E-state index in [-0.39, 0.29) is 25.5 Å². The van der Waals surface area contributed by atoms with Gasteiger partial charge < -0.3 is 9.84 Å². The molecule has 0 amide bonds. The van der Waals surface area contributed by atoms with Crippen molar-refractivity contribution in [3.63, 3.8) is 0 Å². The van der Waals surface area contributed by atoms with Crippen LogP contribution in [-0.4, -0.2) is 57.0 Å². The number of methoxy groups -OCH3 is 1. The fourth-order valence-electron chi connectivity index (χ4n) is 0.923. The van der Waals surface area contributed by atoms with Gasteiger partial charge in [0.25, 0.3) is 0 Å². The zero-order valence-corrected chi connectivity index (χ0v) is 8.88. The van der Waals surface area contributed by atoms with Crippen LogP contribution in [0.2, 0.25) is 0 Å². The Bertz CT molecular complexity index is 215. The summed E-state index contributed by atoms with van der Waals surface area (Å²) >= 11 is 0. The molecule has 5 nitrogen and oxygen atoms in total. The number of rotatable bonds is 7. The van der Waals surface area contributed by atoms with Crippen LogP contribution in [0.5, 0.6) is 0 Å². The average Bonchev–Trinajstić information content (AvgIpc) is 2.10. The number of hydrogen-bond donors (Lipinski definition) is 1. The minimum atomic E-state index is -3.25. The van der Waals surface area contributed by atoms with E-state index in [1.165, 1.54) is 11.4 Å². The van der Waals surface area contributed by atoms with Crippen LogP contribution in [0.3, 0.4) is 0 Å². The molecule has 0 aliphatic heterocycles. The van der Waals surface area contributed by atoms with Crippen LogP contribution >= 0.6 is 0 Å². The van der Waals surface area contributed by atoms with Gasteiger partial charge in [0.05, 0.1) is 19.0 Å². The van der Waals surface area contributed by atoms with Gasteiger partial charge in [0.1, 0.15) is 0 Å². The van der Waals surface area contributed by atoms with Gasteiger partial charge in [0, 0.05) is 20.2 Å². The lowest BCUT2D eigenvalue weighted by atomic mass is 10.6. The van der Waals surface area contributed by atoms with Crippen molar-refractivity contribution in [3.8, 4) is 0 Å². The lowest BCUT2D eigenvalue weighted by Crippen LogP contribution is -2.36. The molecule has 0 aliphatic rings. The van der Waals surface area contributed by atoms with E-state index in [4.69, 9.17) is 5.11 Å². The second-order valence-electron chi connectivity index (χ2n) is 2.52. The Hall–Kier alpha value is -0.170. The SMILES string of the molecule is CCN(CCO)S(=O)(=O)CCOC. The highest BCUT2D eigenvalue weighted by Crippen LogP contribution is 2.00. The van der Waals surface area contributed by atoms with Crippen LogP contribution in [-0.2, 0) is 14.8 Å². The quantitative estimate of drug-likeness (QED) is 0.603. The first-order valence-electron chi connectivity index (χ1n) is 4.16. The van der Waals surface area contributed by atoms with E-state index < -0.39 is 10.0 Å². The van der Waals surface area contributed by atoms with Gasteiger partial charge in [-0.15, -0.1) is 0 Å². The maximum absolute atomic E-state index is 11.4. The number of nitrogens with zero attached hydrogens (tertiary/aromatic N) is 1. The van der Waals surface area contributed by atoms with Crippen molar-refractivity contribution in [1.82, 2.24) is 4.31 Å². The number of hydrogen-bond acceptors (Lipinski definition) is 4. The van der Waals surface area contributed by atoms with E-state index in [9.17, 15) is 8.42 Å². The fourth-order valence-corrected chi connectivity index (χ4v) is 2.31. The van der Waals surface area contributed by atoms with E-state index >= 15 is 0 Å². The van der Waals surface area contributed by atoms with Crippen LogP contribution < -0.4 is 0 Å². The molecule has 0 heterocycles. The predicted molar refractivity (Wildman–Crippen MR) is 50.0 cm³/mol. The third-order valence-electron chi connectivity index (χ3n) is 1.64. The maximum Gasteiger partial charge on any atom is 0.216 e. The molecule has 0 saturated heterocycles. The summed E-state index contributed by atoms with van der Waals surface area (Å²) < 4.78 is 28.8. The molecule has 0 unspecified atom stereocenters. The Morgan fingerprint density at radius 1 is 1.46 bits per heavy atom. The van der Waals surface area contributed by atoms with Crippen molar-refractivity contribution in [1.29, 1.82) is 0 Å². The highest BCUT2D eigenvalue weighted by atomic mass is 32.2. The summed E-state index contributed by atoms with van der Waals surface area (Å²) in [6, 6.07) is 0. The van der Waals surface area contributed by atoms with Crippen LogP contribution in [0, 0.1) is 0 Å². The molecule has 0 radical (unpaired) electrons. The molecule has 1 N–H and O–H groups in total. The largest absolute Gasteiger partial charge is 0.395 e. The maximum atomic E-state index is 11.4. The number of ether oxygens (including phenoxy) is 1. The number of aliphatic hydroxyl groups is 1. The fraction of sp³-hybridized carbons (Fsp3) is 1.00. The number of likely N-dealkylation sites (N-methyl/N-ethyl adjacent to an activating group) is 1. The summed E-state index contributed by atoms with van der Waals surface area (Å²) in [5.41, 5.74) is 0. The molecule has 0 aromatic heterocycles. The first kappa shape index (κ1) is 12.8. The Balaban J connectivity index is 4.21. The van der Waals surface area contributed by atoms with E-state index in [0.29, 0.717) is 6.54 Å². The van der Waals surface area contributed by atoms with Gasteiger partial charge in [-0.2, -0.15) is 4.31 Å². The molecule has 0 aromatic rings. The summed E-state index contributed by atoms with van der Waals surface area (Å²) in [6.07, 6.45) is 0. The first-order chi connectivity index (χ1) is 6.08. The van der Waals surface area contributed by atoms with E-state index in [1.54, 1.807) is 6.92 Å². The summed E-state index contributed by atoms with van der Waals surface area (Å²) in [7, 11) is -1.79. The average molecular weight is 211 g/mol. The Morgan fingerprint density at radius 2 is 2.08 bits per heavy atom. The molecule has 0 atom stereocenters. The summed E-state index contributed by atoms with van der Waals surface area (Å²) in [5, 5.41) is 8.62.